The smallest absolute Gasteiger partial charge is 0.151 e. The van der Waals surface area contributed by atoms with E-state index in [1.807, 2.05) is 0 Å². The number of benzene rings is 2. The van der Waals surface area contributed by atoms with Crippen LogP contribution in [0.3, 0.4) is 0 Å². The van der Waals surface area contributed by atoms with Crippen molar-refractivity contribution in [3.8, 4) is 11.1 Å². The number of carbonyl (C=O) groups is 1. The van der Waals surface area contributed by atoms with Crippen LogP contribution in [0.25, 0.3) is 11.1 Å². The van der Waals surface area contributed by atoms with E-state index in [1.54, 1.807) is 24.3 Å². The molecule has 0 atom stereocenters. The molecule has 0 unspecified atom stereocenters. The van der Waals surface area contributed by atoms with Gasteiger partial charge in [0.2, 0.25) is 0 Å². The van der Waals surface area contributed by atoms with Gasteiger partial charge in [-0.1, -0.05) is 29.3 Å². The van der Waals surface area contributed by atoms with Crippen LogP contribution in [-0.2, 0) is 0 Å². The van der Waals surface area contributed by atoms with Gasteiger partial charge in [-0.05, 0) is 41.5 Å². The molecular weight excluding hydrogens is 262 g/mol. The Bertz CT molecular complexity index is 561. The van der Waals surface area contributed by atoms with E-state index in [1.165, 1.54) is 12.1 Å². The fourth-order valence-electron chi connectivity index (χ4n) is 1.52. The number of hydrogen-bond donors (Lipinski definition) is 0. The van der Waals surface area contributed by atoms with Gasteiger partial charge in [0.1, 0.15) is 5.82 Å². The zero-order chi connectivity index (χ0) is 12.4. The standard InChI is InChI=1S/C13H7Cl2FO/c14-11-3-10(4-12(16)6-11)8-1-2-9(7-17)13(15)5-8/h1-7H. The van der Waals surface area contributed by atoms with Crippen molar-refractivity contribution in [2.24, 2.45) is 0 Å². The molecule has 1 nitrogen and oxygen atoms in total. The van der Waals surface area contributed by atoms with Crippen LogP contribution in [0.5, 0.6) is 0 Å². The second-order valence-electron chi connectivity index (χ2n) is 3.51. The first-order chi connectivity index (χ1) is 8.10. The zero-order valence-electron chi connectivity index (χ0n) is 8.58. The van der Waals surface area contributed by atoms with Crippen LogP contribution < -0.4 is 0 Å². The Morgan fingerprint density at radius 3 is 2.35 bits per heavy atom. The molecule has 0 aliphatic heterocycles. The van der Waals surface area contributed by atoms with Crippen molar-refractivity contribution in [3.05, 3.63) is 57.8 Å². The molecule has 0 bridgehead atoms. The van der Waals surface area contributed by atoms with Gasteiger partial charge in [0.25, 0.3) is 0 Å². The van der Waals surface area contributed by atoms with Crippen LogP contribution in [0.4, 0.5) is 4.39 Å². The highest BCUT2D eigenvalue weighted by Crippen LogP contribution is 2.27. The molecule has 86 valence electrons. The normalized spacial score (nSPS) is 10.3. The Balaban J connectivity index is 2.53. The summed E-state index contributed by atoms with van der Waals surface area (Å²) in [6.07, 6.45) is 0.671. The molecule has 0 spiro atoms. The van der Waals surface area contributed by atoms with Gasteiger partial charge in [0.05, 0.1) is 5.02 Å². The molecule has 2 aromatic rings. The molecule has 0 saturated carbocycles. The predicted octanol–water partition coefficient (Wildman–Crippen LogP) is 4.61. The third-order valence-corrected chi connectivity index (χ3v) is 2.87. The minimum absolute atomic E-state index is 0.315. The molecule has 17 heavy (non-hydrogen) atoms. The van der Waals surface area contributed by atoms with Crippen molar-refractivity contribution in [1.82, 2.24) is 0 Å². The monoisotopic (exact) mass is 268 g/mol. The maximum absolute atomic E-state index is 13.2. The highest BCUT2D eigenvalue weighted by atomic mass is 35.5. The number of halogens is 3. The van der Waals surface area contributed by atoms with Gasteiger partial charge in [-0.25, -0.2) is 4.39 Å². The average molecular weight is 269 g/mol. The topological polar surface area (TPSA) is 17.1 Å². The van der Waals surface area contributed by atoms with Crippen molar-refractivity contribution < 1.29 is 9.18 Å². The Morgan fingerprint density at radius 2 is 1.76 bits per heavy atom. The molecule has 2 rings (SSSR count). The van der Waals surface area contributed by atoms with E-state index >= 15 is 0 Å². The summed E-state index contributed by atoms with van der Waals surface area (Å²) < 4.78 is 13.2. The summed E-state index contributed by atoms with van der Waals surface area (Å²) in [6.45, 7) is 0. The summed E-state index contributed by atoms with van der Waals surface area (Å²) in [5.41, 5.74) is 1.73. The molecule has 2 aromatic carbocycles. The molecule has 0 aliphatic carbocycles. The molecular formula is C13H7Cl2FO. The van der Waals surface area contributed by atoms with E-state index < -0.39 is 5.82 Å². The minimum atomic E-state index is -0.414. The highest BCUT2D eigenvalue weighted by molar-refractivity contribution is 6.33. The van der Waals surface area contributed by atoms with Crippen molar-refractivity contribution >= 4 is 29.5 Å². The fourth-order valence-corrected chi connectivity index (χ4v) is 1.97. The van der Waals surface area contributed by atoms with Gasteiger partial charge in [-0.2, -0.15) is 0 Å². The molecule has 0 radical (unpaired) electrons. The van der Waals surface area contributed by atoms with Crippen LogP contribution >= 0.6 is 23.2 Å². The lowest BCUT2D eigenvalue weighted by molar-refractivity contribution is 0.112. The Labute approximate surface area is 108 Å². The first-order valence-corrected chi connectivity index (χ1v) is 5.57. The Kier molecular flexibility index (Phi) is 3.46. The molecule has 0 fully saturated rings. The summed E-state index contributed by atoms with van der Waals surface area (Å²) in [6, 6.07) is 9.11. The molecule has 0 amide bonds. The van der Waals surface area contributed by atoms with E-state index in [0.717, 1.165) is 0 Å². The van der Waals surface area contributed by atoms with Crippen LogP contribution in [0.2, 0.25) is 10.0 Å². The second-order valence-corrected chi connectivity index (χ2v) is 4.36. The van der Waals surface area contributed by atoms with Crippen LogP contribution in [0, 0.1) is 5.82 Å². The first kappa shape index (κ1) is 12.1. The third-order valence-electron chi connectivity index (χ3n) is 2.32. The van der Waals surface area contributed by atoms with E-state index in [2.05, 4.69) is 0 Å². The number of hydrogen-bond acceptors (Lipinski definition) is 1. The van der Waals surface area contributed by atoms with E-state index in [0.29, 0.717) is 33.0 Å². The maximum Gasteiger partial charge on any atom is 0.151 e. The molecule has 0 aromatic heterocycles. The summed E-state index contributed by atoms with van der Waals surface area (Å²) in [4.78, 5) is 10.6. The number of rotatable bonds is 2. The summed E-state index contributed by atoms with van der Waals surface area (Å²) in [5.74, 6) is -0.414. The van der Waals surface area contributed by atoms with Crippen LogP contribution in [0.15, 0.2) is 36.4 Å². The van der Waals surface area contributed by atoms with Crippen molar-refractivity contribution in [3.63, 3.8) is 0 Å². The lowest BCUT2D eigenvalue weighted by atomic mass is 10.0. The molecule has 0 heterocycles. The quantitative estimate of drug-likeness (QED) is 0.727. The van der Waals surface area contributed by atoms with Crippen molar-refractivity contribution in [1.29, 1.82) is 0 Å². The summed E-state index contributed by atoms with van der Waals surface area (Å²) in [5, 5.41) is 0.647. The zero-order valence-corrected chi connectivity index (χ0v) is 10.1. The molecule has 0 saturated heterocycles. The van der Waals surface area contributed by atoms with Gasteiger partial charge in [0.15, 0.2) is 6.29 Å². The second kappa shape index (κ2) is 4.86. The first-order valence-electron chi connectivity index (χ1n) is 4.81. The molecule has 0 aliphatic rings. The highest BCUT2D eigenvalue weighted by Gasteiger charge is 2.05. The van der Waals surface area contributed by atoms with Crippen molar-refractivity contribution in [2.45, 2.75) is 0 Å². The largest absolute Gasteiger partial charge is 0.298 e. The summed E-state index contributed by atoms with van der Waals surface area (Å²) >= 11 is 11.7. The lowest BCUT2D eigenvalue weighted by Crippen LogP contribution is -1.85. The van der Waals surface area contributed by atoms with Crippen LogP contribution in [-0.4, -0.2) is 6.29 Å². The Morgan fingerprint density at radius 1 is 1.00 bits per heavy atom. The van der Waals surface area contributed by atoms with E-state index in [4.69, 9.17) is 23.2 Å². The van der Waals surface area contributed by atoms with E-state index in [-0.39, 0.29) is 0 Å². The van der Waals surface area contributed by atoms with E-state index in [9.17, 15) is 9.18 Å². The molecule has 0 N–H and O–H groups in total. The van der Waals surface area contributed by atoms with Crippen molar-refractivity contribution in [2.75, 3.05) is 0 Å². The predicted molar refractivity (Wildman–Crippen MR) is 67.2 cm³/mol. The fraction of sp³-hybridized carbons (Fsp3) is 0. The lowest BCUT2D eigenvalue weighted by Gasteiger charge is -2.05. The Hall–Kier alpha value is -1.38. The number of aldehydes is 1. The molecule has 4 heteroatoms. The SMILES string of the molecule is O=Cc1ccc(-c2cc(F)cc(Cl)c2)cc1Cl. The number of carbonyl (C=O) groups excluding carboxylic acids is 1. The van der Waals surface area contributed by atoms with Crippen LogP contribution in [0.1, 0.15) is 10.4 Å². The van der Waals surface area contributed by atoms with Gasteiger partial charge in [-0.15, -0.1) is 0 Å². The van der Waals surface area contributed by atoms with Gasteiger partial charge >= 0.3 is 0 Å². The third kappa shape index (κ3) is 2.65. The van der Waals surface area contributed by atoms with Gasteiger partial charge < -0.3 is 0 Å². The van der Waals surface area contributed by atoms with Gasteiger partial charge in [0, 0.05) is 10.6 Å². The average Bonchev–Trinajstić information content (AvgIpc) is 2.27. The maximum atomic E-state index is 13.2. The minimum Gasteiger partial charge on any atom is -0.298 e. The van der Waals surface area contributed by atoms with Gasteiger partial charge in [-0.3, -0.25) is 4.79 Å². The summed E-state index contributed by atoms with van der Waals surface area (Å²) in [7, 11) is 0.